The Bertz CT molecular complexity index is 1060. The van der Waals surface area contributed by atoms with E-state index in [1.807, 2.05) is 0 Å². The van der Waals surface area contributed by atoms with Gasteiger partial charge in [-0.05, 0) is 36.2 Å². The molecule has 172 valence electrons. The summed E-state index contributed by atoms with van der Waals surface area (Å²) in [4.78, 5) is 36.7. The fraction of sp³-hybridized carbons (Fsp3) is 0.318. The van der Waals surface area contributed by atoms with Gasteiger partial charge in [-0.3, -0.25) is 9.59 Å². The molecule has 0 aliphatic heterocycles. The first-order valence-corrected chi connectivity index (χ1v) is 11.4. The molecule has 0 spiro atoms. The zero-order valence-electron chi connectivity index (χ0n) is 17.7. The lowest BCUT2D eigenvalue weighted by Gasteiger charge is -2.22. The van der Waals surface area contributed by atoms with Gasteiger partial charge in [-0.2, -0.15) is 0 Å². The molecule has 10 heteroatoms. The summed E-state index contributed by atoms with van der Waals surface area (Å²) in [6.07, 6.45) is -0.262. The van der Waals surface area contributed by atoms with E-state index in [-0.39, 0.29) is 17.7 Å². The zero-order valence-corrected chi connectivity index (χ0v) is 18.5. The molecule has 2 aromatic rings. The van der Waals surface area contributed by atoms with Gasteiger partial charge in [0.25, 0.3) is 0 Å². The van der Waals surface area contributed by atoms with Gasteiger partial charge in [0.1, 0.15) is 17.9 Å². The Morgan fingerprint density at radius 3 is 2.28 bits per heavy atom. The monoisotopic (exact) mass is 464 g/mol. The largest absolute Gasteiger partial charge is 0.467 e. The van der Waals surface area contributed by atoms with E-state index >= 15 is 0 Å². The number of ether oxygens (including phenoxy) is 1. The van der Waals surface area contributed by atoms with Crippen LogP contribution in [0.2, 0.25) is 0 Å². The van der Waals surface area contributed by atoms with Crippen LogP contribution in [0.15, 0.2) is 59.5 Å². The Labute approximate surface area is 186 Å². The summed E-state index contributed by atoms with van der Waals surface area (Å²) >= 11 is 0. The number of carbonyl (C=O) groups excluding carboxylic acids is 3. The first kappa shape index (κ1) is 25.0. The summed E-state index contributed by atoms with van der Waals surface area (Å²) in [5, 5.41) is 4.91. The van der Waals surface area contributed by atoms with Gasteiger partial charge in [-0.15, -0.1) is 0 Å². The lowest BCUT2D eigenvalue weighted by molar-refractivity contribution is -0.145. The van der Waals surface area contributed by atoms with Crippen molar-refractivity contribution in [3.05, 3.63) is 66.0 Å². The Morgan fingerprint density at radius 2 is 1.69 bits per heavy atom. The van der Waals surface area contributed by atoms with Crippen LogP contribution in [0, 0.1) is 5.82 Å². The van der Waals surface area contributed by atoms with E-state index in [4.69, 9.17) is 4.74 Å². The highest BCUT2D eigenvalue weighted by Gasteiger charge is 2.29. The third-order valence-electron chi connectivity index (χ3n) is 4.60. The van der Waals surface area contributed by atoms with Crippen molar-refractivity contribution in [1.29, 1.82) is 0 Å². The normalized spacial score (nSPS) is 13.0. The molecule has 2 rings (SSSR count). The second-order valence-electron chi connectivity index (χ2n) is 7.09. The highest BCUT2D eigenvalue weighted by molar-refractivity contribution is 7.91. The molecule has 0 aliphatic carbocycles. The van der Waals surface area contributed by atoms with E-state index in [1.54, 1.807) is 24.3 Å². The number of sulfone groups is 1. The van der Waals surface area contributed by atoms with Crippen molar-refractivity contribution in [3.8, 4) is 0 Å². The zero-order chi connectivity index (χ0) is 23.7. The van der Waals surface area contributed by atoms with Gasteiger partial charge in [-0.1, -0.05) is 30.3 Å². The molecule has 2 amide bonds. The van der Waals surface area contributed by atoms with E-state index in [1.165, 1.54) is 37.3 Å². The summed E-state index contributed by atoms with van der Waals surface area (Å²) in [5.74, 6) is -2.96. The van der Waals surface area contributed by atoms with Gasteiger partial charge in [0.2, 0.25) is 11.8 Å². The molecule has 8 nitrogen and oxygen atoms in total. The minimum atomic E-state index is -3.70. The van der Waals surface area contributed by atoms with E-state index in [0.717, 1.165) is 7.11 Å². The third-order valence-corrected chi connectivity index (χ3v) is 6.37. The second kappa shape index (κ2) is 11.4. The number of amides is 2. The molecule has 0 saturated heterocycles. The summed E-state index contributed by atoms with van der Waals surface area (Å²) in [7, 11) is -2.58. The number of carbonyl (C=O) groups is 3. The molecule has 0 radical (unpaired) electrons. The van der Waals surface area contributed by atoms with Crippen LogP contribution < -0.4 is 10.6 Å². The first-order valence-electron chi connectivity index (χ1n) is 9.80. The van der Waals surface area contributed by atoms with Gasteiger partial charge < -0.3 is 15.4 Å². The van der Waals surface area contributed by atoms with Crippen LogP contribution in [0.5, 0.6) is 0 Å². The molecule has 0 aromatic heterocycles. The topological polar surface area (TPSA) is 119 Å². The molecule has 0 aliphatic rings. The summed E-state index contributed by atoms with van der Waals surface area (Å²) < 4.78 is 43.2. The fourth-order valence-electron chi connectivity index (χ4n) is 3.04. The average Bonchev–Trinajstić information content (AvgIpc) is 2.75. The minimum absolute atomic E-state index is 0.0284. The highest BCUT2D eigenvalue weighted by atomic mass is 32.2. The predicted octanol–water partition coefficient (Wildman–Crippen LogP) is 1.39. The molecule has 32 heavy (non-hydrogen) atoms. The van der Waals surface area contributed by atoms with Crippen LogP contribution in [0.25, 0.3) is 0 Å². The van der Waals surface area contributed by atoms with Crippen LogP contribution in [0.1, 0.15) is 18.9 Å². The molecule has 0 bridgehead atoms. The summed E-state index contributed by atoms with van der Waals surface area (Å²) in [5.41, 5.74) is 0.458. The minimum Gasteiger partial charge on any atom is -0.467 e. The van der Waals surface area contributed by atoms with E-state index in [0.29, 0.717) is 5.56 Å². The molecule has 0 saturated carbocycles. The van der Waals surface area contributed by atoms with Crippen molar-refractivity contribution in [2.24, 2.45) is 0 Å². The van der Waals surface area contributed by atoms with E-state index in [2.05, 4.69) is 10.6 Å². The maximum absolute atomic E-state index is 13.5. The standard InChI is InChI=1S/C22H25FN2O6S/c1-15(26)24-20(14-16-7-6-8-17(23)13-16)21(27)25-19(22(28)31-2)11-12-32(29,30)18-9-4-3-5-10-18/h3-10,13,19-20H,11-12,14H2,1-2H3,(H,24,26)(H,25,27)/t19-,20+/m0/s1. The van der Waals surface area contributed by atoms with Crippen molar-refractivity contribution >= 4 is 27.6 Å². The number of hydrogen-bond acceptors (Lipinski definition) is 6. The average molecular weight is 465 g/mol. The van der Waals surface area contributed by atoms with E-state index < -0.39 is 51.3 Å². The summed E-state index contributed by atoms with van der Waals surface area (Å²) in [6.45, 7) is 1.22. The lowest BCUT2D eigenvalue weighted by Crippen LogP contribution is -2.52. The quantitative estimate of drug-likeness (QED) is 0.513. The number of esters is 1. The van der Waals surface area contributed by atoms with Gasteiger partial charge in [0.05, 0.1) is 17.8 Å². The molecule has 0 heterocycles. The van der Waals surface area contributed by atoms with Crippen molar-refractivity contribution in [2.45, 2.75) is 36.7 Å². The molecule has 0 unspecified atom stereocenters. The van der Waals surface area contributed by atoms with Gasteiger partial charge in [-0.25, -0.2) is 17.6 Å². The first-order chi connectivity index (χ1) is 15.1. The second-order valence-corrected chi connectivity index (χ2v) is 9.20. The van der Waals surface area contributed by atoms with Gasteiger partial charge in [0.15, 0.2) is 9.84 Å². The summed E-state index contributed by atoms with van der Waals surface area (Å²) in [6, 6.07) is 10.9. The smallest absolute Gasteiger partial charge is 0.328 e. The molecular formula is C22H25FN2O6S. The predicted molar refractivity (Wildman–Crippen MR) is 115 cm³/mol. The Kier molecular flexibility index (Phi) is 8.89. The van der Waals surface area contributed by atoms with E-state index in [9.17, 15) is 27.2 Å². The van der Waals surface area contributed by atoms with Crippen molar-refractivity contribution in [3.63, 3.8) is 0 Å². The molecule has 0 fully saturated rings. The number of nitrogens with one attached hydrogen (secondary N) is 2. The van der Waals surface area contributed by atoms with Crippen LogP contribution >= 0.6 is 0 Å². The Balaban J connectivity index is 2.14. The van der Waals surface area contributed by atoms with Crippen LogP contribution in [-0.2, 0) is 35.4 Å². The molecule has 2 atom stereocenters. The van der Waals surface area contributed by atoms with Crippen molar-refractivity contribution in [1.82, 2.24) is 10.6 Å². The maximum Gasteiger partial charge on any atom is 0.328 e. The molecular weight excluding hydrogens is 439 g/mol. The Morgan fingerprint density at radius 1 is 1.00 bits per heavy atom. The van der Waals surface area contributed by atoms with Crippen molar-refractivity contribution < 1.29 is 31.9 Å². The SMILES string of the molecule is COC(=O)[C@H](CCS(=O)(=O)c1ccccc1)NC(=O)[C@@H](Cc1cccc(F)c1)NC(C)=O. The number of rotatable bonds is 10. The van der Waals surface area contributed by atoms with Gasteiger partial charge >= 0.3 is 5.97 Å². The number of halogens is 1. The number of methoxy groups -OCH3 is 1. The van der Waals surface area contributed by atoms with Crippen LogP contribution in [0.3, 0.4) is 0 Å². The lowest BCUT2D eigenvalue weighted by atomic mass is 10.0. The van der Waals surface area contributed by atoms with Crippen LogP contribution in [0.4, 0.5) is 4.39 Å². The maximum atomic E-state index is 13.5. The number of benzene rings is 2. The Hall–Kier alpha value is -3.27. The van der Waals surface area contributed by atoms with Gasteiger partial charge in [0, 0.05) is 13.3 Å². The highest BCUT2D eigenvalue weighted by Crippen LogP contribution is 2.13. The number of hydrogen-bond donors (Lipinski definition) is 2. The molecule has 2 N–H and O–H groups in total. The fourth-order valence-corrected chi connectivity index (χ4v) is 4.39. The van der Waals surface area contributed by atoms with Crippen molar-refractivity contribution in [2.75, 3.05) is 12.9 Å². The van der Waals surface area contributed by atoms with Crippen LogP contribution in [-0.4, -0.2) is 51.1 Å². The third kappa shape index (κ3) is 7.45. The molecule has 2 aromatic carbocycles.